The second-order valence-electron chi connectivity index (χ2n) is 7.54. The molecular formula is C23H22Cl2N4O3. The Kier molecular flexibility index (Phi) is 6.39. The van der Waals surface area contributed by atoms with Gasteiger partial charge in [-0.2, -0.15) is 0 Å². The van der Waals surface area contributed by atoms with Gasteiger partial charge in [0.25, 0.3) is 11.5 Å². The first-order chi connectivity index (χ1) is 15.4. The number of carbonyl (C=O) groups excluding carboxylic acids is 1. The Labute approximate surface area is 195 Å². The van der Waals surface area contributed by atoms with E-state index in [-0.39, 0.29) is 24.1 Å². The third kappa shape index (κ3) is 4.45. The van der Waals surface area contributed by atoms with E-state index < -0.39 is 0 Å². The molecule has 4 rings (SSSR count). The Morgan fingerprint density at radius 3 is 2.34 bits per heavy atom. The van der Waals surface area contributed by atoms with E-state index in [9.17, 15) is 9.59 Å². The summed E-state index contributed by atoms with van der Waals surface area (Å²) in [5.74, 6) is 0.158. The molecule has 1 aromatic heterocycles. The molecule has 7 nitrogen and oxygen atoms in total. The van der Waals surface area contributed by atoms with Gasteiger partial charge in [0.1, 0.15) is 7.11 Å². The summed E-state index contributed by atoms with van der Waals surface area (Å²) < 4.78 is 1.13. The Morgan fingerprint density at radius 2 is 1.72 bits per heavy atom. The average molecular weight is 473 g/mol. The van der Waals surface area contributed by atoms with Gasteiger partial charge in [-0.3, -0.25) is 9.59 Å². The van der Waals surface area contributed by atoms with Crippen LogP contribution in [0.1, 0.15) is 40.1 Å². The minimum Gasteiger partial charge on any atom is -0.411 e. The number of hydrogen-bond donors (Lipinski definition) is 1. The van der Waals surface area contributed by atoms with E-state index in [0.29, 0.717) is 45.8 Å². The number of benzene rings is 2. The number of rotatable bonds is 5. The van der Waals surface area contributed by atoms with Gasteiger partial charge in [-0.25, -0.2) is 4.98 Å². The molecule has 166 valence electrons. The van der Waals surface area contributed by atoms with E-state index >= 15 is 0 Å². The average Bonchev–Trinajstić information content (AvgIpc) is 2.79. The standard InChI is InChI=1S/C23H22Cl2N4O3/c1-14(15-3-7-17(24)8-4-15)26-23-27-20-11-12-28(13-19(20)22(31)29(23)32-2)21(30)16-5-9-18(25)10-6-16/h3-10,14H,11-13H2,1-2H3,(H,26,27). The lowest BCUT2D eigenvalue weighted by molar-refractivity contribution is 0.0728. The molecule has 2 aromatic carbocycles. The third-order valence-corrected chi connectivity index (χ3v) is 5.97. The number of halogens is 2. The molecule has 3 aromatic rings. The monoisotopic (exact) mass is 472 g/mol. The van der Waals surface area contributed by atoms with Crippen molar-refractivity contribution < 1.29 is 9.63 Å². The normalized spacial score (nSPS) is 13.9. The van der Waals surface area contributed by atoms with Crippen LogP contribution in [0.15, 0.2) is 53.3 Å². The fourth-order valence-electron chi connectivity index (χ4n) is 3.70. The summed E-state index contributed by atoms with van der Waals surface area (Å²) in [6.45, 7) is 2.59. The van der Waals surface area contributed by atoms with Crippen LogP contribution < -0.4 is 15.7 Å². The van der Waals surface area contributed by atoms with Gasteiger partial charge in [0.15, 0.2) is 0 Å². The molecule has 1 aliphatic heterocycles. The van der Waals surface area contributed by atoms with Crippen molar-refractivity contribution in [2.75, 3.05) is 19.0 Å². The summed E-state index contributed by atoms with van der Waals surface area (Å²) in [5.41, 5.74) is 2.29. The van der Waals surface area contributed by atoms with Crippen molar-refractivity contribution in [2.45, 2.75) is 25.9 Å². The van der Waals surface area contributed by atoms with Crippen LogP contribution in [-0.2, 0) is 13.0 Å². The molecule has 1 amide bonds. The maximum absolute atomic E-state index is 13.2. The van der Waals surface area contributed by atoms with Gasteiger partial charge in [-0.15, -0.1) is 4.73 Å². The lowest BCUT2D eigenvalue weighted by Gasteiger charge is -2.29. The topological polar surface area (TPSA) is 76.5 Å². The molecule has 0 saturated carbocycles. The highest BCUT2D eigenvalue weighted by atomic mass is 35.5. The number of fused-ring (bicyclic) bond motifs is 1. The summed E-state index contributed by atoms with van der Waals surface area (Å²) in [7, 11) is 1.41. The van der Waals surface area contributed by atoms with Crippen LogP contribution in [0.5, 0.6) is 0 Å². The van der Waals surface area contributed by atoms with Gasteiger partial charge in [0.2, 0.25) is 5.95 Å². The summed E-state index contributed by atoms with van der Waals surface area (Å²) in [6.07, 6.45) is 0.471. The summed E-state index contributed by atoms with van der Waals surface area (Å²) >= 11 is 11.9. The van der Waals surface area contributed by atoms with Gasteiger partial charge in [0, 0.05) is 28.6 Å². The molecule has 0 aliphatic carbocycles. The summed E-state index contributed by atoms with van der Waals surface area (Å²) in [4.78, 5) is 37.7. The Hall–Kier alpha value is -3.03. The van der Waals surface area contributed by atoms with Crippen molar-refractivity contribution in [3.63, 3.8) is 0 Å². The molecule has 1 unspecified atom stereocenters. The van der Waals surface area contributed by atoms with Gasteiger partial charge in [0.05, 0.1) is 23.8 Å². The molecular weight excluding hydrogens is 451 g/mol. The van der Waals surface area contributed by atoms with Crippen LogP contribution in [-0.4, -0.2) is 34.2 Å². The number of amides is 1. The smallest absolute Gasteiger partial charge is 0.293 e. The molecule has 1 N–H and O–H groups in total. The van der Waals surface area contributed by atoms with Crippen LogP contribution in [0.4, 0.5) is 5.95 Å². The van der Waals surface area contributed by atoms with Crippen LogP contribution in [0.2, 0.25) is 10.0 Å². The second kappa shape index (κ2) is 9.22. The molecule has 0 spiro atoms. The minimum absolute atomic E-state index is 0.134. The molecule has 0 radical (unpaired) electrons. The number of aromatic nitrogens is 2. The number of carbonyl (C=O) groups is 1. The first-order valence-electron chi connectivity index (χ1n) is 10.1. The third-order valence-electron chi connectivity index (χ3n) is 5.47. The van der Waals surface area contributed by atoms with E-state index in [2.05, 4.69) is 10.3 Å². The maximum atomic E-state index is 13.2. The summed E-state index contributed by atoms with van der Waals surface area (Å²) in [6, 6.07) is 14.0. The zero-order valence-corrected chi connectivity index (χ0v) is 19.2. The highest BCUT2D eigenvalue weighted by Gasteiger charge is 2.27. The predicted molar refractivity (Wildman–Crippen MR) is 124 cm³/mol. The SMILES string of the molecule is COn1c(NC(C)c2ccc(Cl)cc2)nc2c(c1=O)CN(C(=O)c1ccc(Cl)cc1)CC2. The number of nitrogens with zero attached hydrogens (tertiary/aromatic N) is 3. The van der Waals surface area contributed by atoms with Gasteiger partial charge in [-0.05, 0) is 48.9 Å². The Morgan fingerprint density at radius 1 is 1.09 bits per heavy atom. The molecule has 1 atom stereocenters. The van der Waals surface area contributed by atoms with Crippen molar-refractivity contribution in [3.8, 4) is 0 Å². The van der Waals surface area contributed by atoms with E-state index in [1.165, 1.54) is 7.11 Å². The molecule has 9 heteroatoms. The van der Waals surface area contributed by atoms with Crippen LogP contribution in [0.3, 0.4) is 0 Å². The van der Waals surface area contributed by atoms with Crippen molar-refractivity contribution in [1.82, 2.24) is 14.6 Å². The Bertz CT molecular complexity index is 1190. The molecule has 0 bridgehead atoms. The predicted octanol–water partition coefficient (Wildman–Crippen LogP) is 3.98. The van der Waals surface area contributed by atoms with Gasteiger partial charge < -0.3 is 15.1 Å². The van der Waals surface area contributed by atoms with Crippen molar-refractivity contribution in [1.29, 1.82) is 0 Å². The first-order valence-corrected chi connectivity index (χ1v) is 10.9. The maximum Gasteiger partial charge on any atom is 0.293 e. The quantitative estimate of drug-likeness (QED) is 0.607. The van der Waals surface area contributed by atoms with Crippen molar-refractivity contribution >= 4 is 35.1 Å². The lowest BCUT2D eigenvalue weighted by atomic mass is 10.1. The van der Waals surface area contributed by atoms with E-state index in [4.69, 9.17) is 28.0 Å². The Balaban J connectivity index is 1.60. The zero-order chi connectivity index (χ0) is 22.8. The highest BCUT2D eigenvalue weighted by Crippen LogP contribution is 2.22. The molecule has 32 heavy (non-hydrogen) atoms. The second-order valence-corrected chi connectivity index (χ2v) is 8.42. The van der Waals surface area contributed by atoms with E-state index in [1.54, 1.807) is 29.2 Å². The van der Waals surface area contributed by atoms with E-state index in [0.717, 1.165) is 10.3 Å². The number of anilines is 1. The van der Waals surface area contributed by atoms with Crippen molar-refractivity contribution in [3.05, 3.63) is 91.3 Å². The molecule has 2 heterocycles. The zero-order valence-electron chi connectivity index (χ0n) is 17.6. The fraction of sp³-hybridized carbons (Fsp3) is 0.261. The highest BCUT2D eigenvalue weighted by molar-refractivity contribution is 6.30. The first kappa shape index (κ1) is 22.2. The number of hydrogen-bond acceptors (Lipinski definition) is 5. The molecule has 1 aliphatic rings. The van der Waals surface area contributed by atoms with Gasteiger partial charge in [-0.1, -0.05) is 35.3 Å². The lowest BCUT2D eigenvalue weighted by Crippen LogP contribution is -2.42. The van der Waals surface area contributed by atoms with Crippen LogP contribution >= 0.6 is 23.2 Å². The fourth-order valence-corrected chi connectivity index (χ4v) is 3.95. The van der Waals surface area contributed by atoms with Crippen LogP contribution in [0, 0.1) is 0 Å². The molecule has 0 saturated heterocycles. The van der Waals surface area contributed by atoms with Crippen molar-refractivity contribution in [2.24, 2.45) is 0 Å². The minimum atomic E-state index is -0.336. The number of nitrogens with one attached hydrogen (secondary N) is 1. The van der Waals surface area contributed by atoms with Gasteiger partial charge >= 0.3 is 0 Å². The van der Waals surface area contributed by atoms with E-state index in [1.807, 2.05) is 31.2 Å². The largest absolute Gasteiger partial charge is 0.411 e. The van der Waals surface area contributed by atoms with Crippen LogP contribution in [0.25, 0.3) is 0 Å². The molecule has 0 fully saturated rings. The summed E-state index contributed by atoms with van der Waals surface area (Å²) in [5, 5.41) is 4.46.